The van der Waals surface area contributed by atoms with Crippen molar-refractivity contribution in [3.63, 3.8) is 0 Å². The normalized spacial score (nSPS) is 15.2. The highest BCUT2D eigenvalue weighted by molar-refractivity contribution is 14.1. The summed E-state index contributed by atoms with van der Waals surface area (Å²) in [6, 6.07) is 16.2. The predicted octanol–water partition coefficient (Wildman–Crippen LogP) is 4.36. The van der Waals surface area contributed by atoms with E-state index in [1.165, 1.54) is 6.42 Å². The Morgan fingerprint density at radius 2 is 1.67 bits per heavy atom. The Morgan fingerprint density at radius 3 is 2.25 bits per heavy atom. The standard InChI is InChI=1S/C27H36IN3O4S/c1-3-25(27(33)29-23-12-8-5-9-13-23)30(19-18-21-10-6-4-7-11-21)26(32)20-31(36(2,34)35)24-16-14-22(28)15-17-24/h4,6-7,10-11,14-17,23,25H,3,5,8-9,12-13,18-20H2,1-2H3,(H,29,33). The van der Waals surface area contributed by atoms with Crippen LogP contribution in [0, 0.1) is 3.57 Å². The third kappa shape index (κ3) is 8.19. The van der Waals surface area contributed by atoms with Crippen LogP contribution in [0.3, 0.4) is 0 Å². The quantitative estimate of drug-likeness (QED) is 0.377. The first-order valence-electron chi connectivity index (χ1n) is 12.6. The third-order valence-corrected chi connectivity index (χ3v) is 8.48. The van der Waals surface area contributed by atoms with Crippen LogP contribution in [0.2, 0.25) is 0 Å². The second-order valence-corrected chi connectivity index (χ2v) is 12.5. The van der Waals surface area contributed by atoms with E-state index >= 15 is 0 Å². The highest BCUT2D eigenvalue weighted by Gasteiger charge is 2.32. The van der Waals surface area contributed by atoms with E-state index < -0.39 is 16.1 Å². The lowest BCUT2D eigenvalue weighted by atomic mass is 9.95. The summed E-state index contributed by atoms with van der Waals surface area (Å²) in [5.41, 5.74) is 1.48. The first-order valence-corrected chi connectivity index (χ1v) is 15.5. The van der Waals surface area contributed by atoms with E-state index in [2.05, 4.69) is 27.9 Å². The van der Waals surface area contributed by atoms with Crippen LogP contribution < -0.4 is 9.62 Å². The minimum atomic E-state index is -3.72. The minimum absolute atomic E-state index is 0.130. The third-order valence-electron chi connectivity index (χ3n) is 6.62. The van der Waals surface area contributed by atoms with E-state index in [4.69, 9.17) is 0 Å². The molecule has 0 spiro atoms. The summed E-state index contributed by atoms with van der Waals surface area (Å²) in [5, 5.41) is 3.16. The molecule has 2 aromatic carbocycles. The maximum Gasteiger partial charge on any atom is 0.244 e. The van der Waals surface area contributed by atoms with Gasteiger partial charge in [-0.15, -0.1) is 0 Å². The molecule has 7 nitrogen and oxygen atoms in total. The molecule has 36 heavy (non-hydrogen) atoms. The Bertz CT molecular complexity index is 1100. The lowest BCUT2D eigenvalue weighted by molar-refractivity contribution is -0.140. The lowest BCUT2D eigenvalue weighted by Gasteiger charge is -2.34. The topological polar surface area (TPSA) is 86.8 Å². The van der Waals surface area contributed by atoms with Crippen LogP contribution in [-0.4, -0.2) is 56.6 Å². The molecule has 0 bridgehead atoms. The van der Waals surface area contributed by atoms with Gasteiger partial charge in [0, 0.05) is 16.2 Å². The smallest absolute Gasteiger partial charge is 0.244 e. The Hall–Kier alpha value is -2.14. The number of amides is 2. The number of carbonyl (C=O) groups is 2. The molecule has 0 aromatic heterocycles. The lowest BCUT2D eigenvalue weighted by Crippen LogP contribution is -2.54. The summed E-state index contributed by atoms with van der Waals surface area (Å²) in [7, 11) is -3.72. The van der Waals surface area contributed by atoms with Gasteiger partial charge in [0.1, 0.15) is 12.6 Å². The van der Waals surface area contributed by atoms with Crippen molar-refractivity contribution in [2.45, 2.75) is 64.0 Å². The molecule has 1 aliphatic carbocycles. The second-order valence-electron chi connectivity index (χ2n) is 9.34. The number of nitrogens with one attached hydrogen (secondary N) is 1. The van der Waals surface area contributed by atoms with Gasteiger partial charge in [0.05, 0.1) is 11.9 Å². The highest BCUT2D eigenvalue weighted by atomic mass is 127. The molecule has 1 fully saturated rings. The van der Waals surface area contributed by atoms with Crippen LogP contribution >= 0.6 is 22.6 Å². The van der Waals surface area contributed by atoms with Gasteiger partial charge < -0.3 is 10.2 Å². The number of rotatable bonds is 11. The summed E-state index contributed by atoms with van der Waals surface area (Å²) in [4.78, 5) is 28.6. The first kappa shape index (κ1) is 28.4. The van der Waals surface area contributed by atoms with E-state index in [0.717, 1.165) is 45.4 Å². The SMILES string of the molecule is CCC(C(=O)NC1CCCCC1)N(CCc1ccccc1)C(=O)CN(c1ccc(I)cc1)S(C)(=O)=O. The molecule has 0 heterocycles. The van der Waals surface area contributed by atoms with Gasteiger partial charge in [-0.05, 0) is 78.1 Å². The van der Waals surface area contributed by atoms with E-state index in [1.807, 2.05) is 37.3 Å². The van der Waals surface area contributed by atoms with Gasteiger partial charge in [-0.1, -0.05) is 56.5 Å². The van der Waals surface area contributed by atoms with Gasteiger partial charge in [-0.3, -0.25) is 13.9 Å². The van der Waals surface area contributed by atoms with Crippen molar-refractivity contribution in [1.29, 1.82) is 0 Å². The fourth-order valence-electron chi connectivity index (χ4n) is 4.66. The number of sulfonamides is 1. The monoisotopic (exact) mass is 625 g/mol. The predicted molar refractivity (Wildman–Crippen MR) is 152 cm³/mol. The van der Waals surface area contributed by atoms with Crippen LogP contribution in [0.5, 0.6) is 0 Å². The van der Waals surface area contributed by atoms with Crippen molar-refractivity contribution < 1.29 is 18.0 Å². The summed E-state index contributed by atoms with van der Waals surface area (Å²) in [6.07, 6.45) is 7.40. The number of anilines is 1. The minimum Gasteiger partial charge on any atom is -0.352 e. The molecule has 0 radical (unpaired) electrons. The molecule has 1 unspecified atom stereocenters. The number of hydrogen-bond acceptors (Lipinski definition) is 4. The number of nitrogens with zero attached hydrogens (tertiary/aromatic N) is 2. The maximum absolute atomic E-state index is 13.7. The molecule has 1 saturated carbocycles. The molecule has 1 N–H and O–H groups in total. The number of benzene rings is 2. The fraction of sp³-hybridized carbons (Fsp3) is 0.481. The van der Waals surface area contributed by atoms with Gasteiger partial charge in [0.25, 0.3) is 0 Å². The zero-order valence-electron chi connectivity index (χ0n) is 21.0. The zero-order valence-corrected chi connectivity index (χ0v) is 24.0. The van der Waals surface area contributed by atoms with Crippen LogP contribution in [0.1, 0.15) is 51.0 Å². The van der Waals surface area contributed by atoms with Crippen molar-refractivity contribution in [1.82, 2.24) is 10.2 Å². The van der Waals surface area contributed by atoms with E-state index in [0.29, 0.717) is 25.1 Å². The van der Waals surface area contributed by atoms with Crippen LogP contribution in [0.4, 0.5) is 5.69 Å². The number of hydrogen-bond donors (Lipinski definition) is 1. The summed E-state index contributed by atoms with van der Waals surface area (Å²) in [5.74, 6) is -0.550. The van der Waals surface area contributed by atoms with Crippen molar-refractivity contribution in [3.8, 4) is 0 Å². The summed E-state index contributed by atoms with van der Waals surface area (Å²) >= 11 is 2.15. The van der Waals surface area contributed by atoms with Gasteiger partial charge in [-0.25, -0.2) is 8.42 Å². The molecule has 0 aliphatic heterocycles. The van der Waals surface area contributed by atoms with E-state index in [9.17, 15) is 18.0 Å². The summed E-state index contributed by atoms with van der Waals surface area (Å²) < 4.78 is 27.4. The van der Waals surface area contributed by atoms with Crippen LogP contribution in [0.15, 0.2) is 54.6 Å². The molecule has 3 rings (SSSR count). The second kappa shape index (κ2) is 13.4. The van der Waals surface area contributed by atoms with Crippen molar-refractivity contribution in [3.05, 3.63) is 63.7 Å². The molecule has 9 heteroatoms. The van der Waals surface area contributed by atoms with Gasteiger partial charge in [0.2, 0.25) is 21.8 Å². The number of carbonyl (C=O) groups excluding carboxylic acids is 2. The Labute approximate surface area is 228 Å². The average molecular weight is 626 g/mol. The Morgan fingerprint density at radius 1 is 1.03 bits per heavy atom. The zero-order chi connectivity index (χ0) is 26.1. The molecule has 2 amide bonds. The Kier molecular flexibility index (Phi) is 10.6. The molecule has 1 atom stereocenters. The highest BCUT2D eigenvalue weighted by Crippen LogP contribution is 2.21. The van der Waals surface area contributed by atoms with E-state index in [-0.39, 0.29) is 24.4 Å². The molecular weight excluding hydrogens is 589 g/mol. The Balaban J connectivity index is 1.84. The van der Waals surface area contributed by atoms with Crippen molar-refractivity contribution >= 4 is 50.1 Å². The van der Waals surface area contributed by atoms with Gasteiger partial charge in [0.15, 0.2) is 0 Å². The molecule has 1 aliphatic rings. The maximum atomic E-state index is 13.7. The number of halogens is 1. The van der Waals surface area contributed by atoms with Crippen LogP contribution in [0.25, 0.3) is 0 Å². The molecule has 2 aromatic rings. The van der Waals surface area contributed by atoms with Crippen LogP contribution in [-0.2, 0) is 26.0 Å². The summed E-state index contributed by atoms with van der Waals surface area (Å²) in [6.45, 7) is 1.85. The largest absolute Gasteiger partial charge is 0.352 e. The molecule has 196 valence electrons. The van der Waals surface area contributed by atoms with Crippen molar-refractivity contribution in [2.75, 3.05) is 23.7 Å². The first-order chi connectivity index (χ1) is 17.2. The van der Waals surface area contributed by atoms with Gasteiger partial charge >= 0.3 is 0 Å². The van der Waals surface area contributed by atoms with Gasteiger partial charge in [-0.2, -0.15) is 0 Å². The fourth-order valence-corrected chi connectivity index (χ4v) is 5.87. The molecular formula is C27H36IN3O4S. The average Bonchev–Trinajstić information content (AvgIpc) is 2.86. The van der Waals surface area contributed by atoms with Crippen molar-refractivity contribution in [2.24, 2.45) is 0 Å². The van der Waals surface area contributed by atoms with E-state index in [1.54, 1.807) is 29.2 Å². The molecule has 0 saturated heterocycles.